The van der Waals surface area contributed by atoms with Crippen LogP contribution in [0.4, 0.5) is 0 Å². The number of amides is 1. The van der Waals surface area contributed by atoms with Gasteiger partial charge in [0.05, 0.1) is 33.1 Å². The van der Waals surface area contributed by atoms with Gasteiger partial charge in [0.25, 0.3) is 5.91 Å². The van der Waals surface area contributed by atoms with E-state index in [2.05, 4.69) is 10.5 Å². The summed E-state index contributed by atoms with van der Waals surface area (Å²) < 4.78 is 21.7. The predicted molar refractivity (Wildman–Crippen MR) is 108 cm³/mol. The molecule has 0 aliphatic carbocycles. The van der Waals surface area contributed by atoms with Crippen LogP contribution in [0.2, 0.25) is 0 Å². The molecule has 0 spiro atoms. The van der Waals surface area contributed by atoms with Crippen molar-refractivity contribution in [2.24, 2.45) is 5.10 Å². The van der Waals surface area contributed by atoms with Gasteiger partial charge < -0.3 is 18.9 Å². The molecule has 0 aromatic heterocycles. The number of benzene rings is 2. The van der Waals surface area contributed by atoms with Crippen molar-refractivity contribution in [3.63, 3.8) is 0 Å². The van der Waals surface area contributed by atoms with Gasteiger partial charge in [-0.15, -0.1) is 0 Å². The number of hydrogen-bond donors (Lipinski definition) is 1. The molecule has 2 rings (SSSR count). The van der Waals surface area contributed by atoms with Crippen molar-refractivity contribution in [2.45, 2.75) is 26.9 Å². The average Bonchev–Trinajstić information content (AvgIpc) is 2.69. The lowest BCUT2D eigenvalue weighted by atomic mass is 10.2. The van der Waals surface area contributed by atoms with Crippen LogP contribution < -0.4 is 24.4 Å². The molecule has 0 heterocycles. The Morgan fingerprint density at radius 2 is 1.75 bits per heavy atom. The lowest BCUT2D eigenvalue weighted by molar-refractivity contribution is 0.0954. The standard InChI is InChI=1S/C21H26N2O5/c1-6-27-20-9-15(7-8-19(20)28-14(2)3)13-22-23-21(24)16-10-17(25-4)12-18(11-16)26-5/h7-14H,6H2,1-5H3,(H,23,24). The van der Waals surface area contributed by atoms with Gasteiger partial charge in [0, 0.05) is 11.6 Å². The van der Waals surface area contributed by atoms with E-state index in [0.29, 0.717) is 35.2 Å². The van der Waals surface area contributed by atoms with Crippen LogP contribution >= 0.6 is 0 Å². The van der Waals surface area contributed by atoms with Crippen molar-refractivity contribution in [3.05, 3.63) is 47.5 Å². The average molecular weight is 386 g/mol. The Labute approximate surface area is 165 Å². The third-order valence-electron chi connectivity index (χ3n) is 3.62. The van der Waals surface area contributed by atoms with Crippen molar-refractivity contribution in [3.8, 4) is 23.0 Å². The quantitative estimate of drug-likeness (QED) is 0.526. The third kappa shape index (κ3) is 5.90. The van der Waals surface area contributed by atoms with Crippen molar-refractivity contribution in [2.75, 3.05) is 20.8 Å². The number of hydrogen-bond acceptors (Lipinski definition) is 6. The van der Waals surface area contributed by atoms with Gasteiger partial charge in [-0.1, -0.05) is 0 Å². The first-order chi connectivity index (χ1) is 13.5. The van der Waals surface area contributed by atoms with Gasteiger partial charge in [-0.05, 0) is 56.7 Å². The van der Waals surface area contributed by atoms with E-state index >= 15 is 0 Å². The number of carbonyl (C=O) groups excluding carboxylic acids is 1. The number of rotatable bonds is 9. The minimum absolute atomic E-state index is 0.0397. The maximum Gasteiger partial charge on any atom is 0.271 e. The molecule has 0 aliphatic rings. The van der Waals surface area contributed by atoms with Gasteiger partial charge in [-0.25, -0.2) is 5.43 Å². The molecule has 0 bridgehead atoms. The topological polar surface area (TPSA) is 78.4 Å². The number of methoxy groups -OCH3 is 2. The molecular formula is C21H26N2O5. The van der Waals surface area contributed by atoms with Crippen LogP contribution in [0.5, 0.6) is 23.0 Å². The molecule has 0 unspecified atom stereocenters. The summed E-state index contributed by atoms with van der Waals surface area (Å²) in [5.74, 6) is 1.97. The summed E-state index contributed by atoms with van der Waals surface area (Å²) in [6, 6.07) is 10.4. The molecule has 2 aromatic rings. The zero-order valence-corrected chi connectivity index (χ0v) is 16.8. The van der Waals surface area contributed by atoms with E-state index in [1.807, 2.05) is 39.0 Å². The first-order valence-electron chi connectivity index (χ1n) is 8.96. The predicted octanol–water partition coefficient (Wildman–Crippen LogP) is 3.65. The number of nitrogens with one attached hydrogen (secondary N) is 1. The summed E-state index contributed by atoms with van der Waals surface area (Å²) in [5.41, 5.74) is 3.64. The number of nitrogens with zero attached hydrogens (tertiary/aromatic N) is 1. The minimum Gasteiger partial charge on any atom is -0.497 e. The van der Waals surface area contributed by atoms with E-state index in [1.54, 1.807) is 18.2 Å². The largest absolute Gasteiger partial charge is 0.497 e. The highest BCUT2D eigenvalue weighted by Crippen LogP contribution is 2.29. The Balaban J connectivity index is 2.11. The fourth-order valence-corrected chi connectivity index (χ4v) is 2.39. The number of carbonyl (C=O) groups is 1. The van der Waals surface area contributed by atoms with Crippen molar-refractivity contribution < 1.29 is 23.7 Å². The molecule has 0 saturated heterocycles. The zero-order valence-electron chi connectivity index (χ0n) is 16.8. The molecule has 1 N–H and O–H groups in total. The highest BCUT2D eigenvalue weighted by molar-refractivity contribution is 5.95. The molecule has 150 valence electrons. The summed E-state index contributed by atoms with van der Waals surface area (Å²) in [6.07, 6.45) is 1.58. The summed E-state index contributed by atoms with van der Waals surface area (Å²) in [7, 11) is 3.05. The van der Waals surface area contributed by atoms with E-state index in [0.717, 1.165) is 5.56 Å². The van der Waals surface area contributed by atoms with E-state index in [4.69, 9.17) is 18.9 Å². The Morgan fingerprint density at radius 1 is 1.07 bits per heavy atom. The van der Waals surface area contributed by atoms with Crippen molar-refractivity contribution in [1.29, 1.82) is 0 Å². The normalized spacial score (nSPS) is 10.8. The second-order valence-corrected chi connectivity index (χ2v) is 6.11. The first kappa shape index (κ1) is 21.1. The Hall–Kier alpha value is -3.22. The van der Waals surface area contributed by atoms with Crippen LogP contribution in [0, 0.1) is 0 Å². The lowest BCUT2D eigenvalue weighted by Gasteiger charge is -2.14. The lowest BCUT2D eigenvalue weighted by Crippen LogP contribution is -2.17. The smallest absolute Gasteiger partial charge is 0.271 e. The van der Waals surface area contributed by atoms with E-state index in [9.17, 15) is 4.79 Å². The van der Waals surface area contributed by atoms with Crippen LogP contribution in [-0.4, -0.2) is 39.1 Å². The maximum absolute atomic E-state index is 12.3. The fourth-order valence-electron chi connectivity index (χ4n) is 2.39. The molecule has 0 fully saturated rings. The maximum atomic E-state index is 12.3. The Bertz CT molecular complexity index is 811. The molecular weight excluding hydrogens is 360 g/mol. The molecule has 7 heteroatoms. The van der Waals surface area contributed by atoms with E-state index in [1.165, 1.54) is 20.4 Å². The second-order valence-electron chi connectivity index (χ2n) is 6.11. The molecule has 7 nitrogen and oxygen atoms in total. The van der Waals surface area contributed by atoms with Gasteiger partial charge in [0.2, 0.25) is 0 Å². The van der Waals surface area contributed by atoms with Gasteiger partial charge in [0.15, 0.2) is 11.5 Å². The molecule has 0 aliphatic heterocycles. The summed E-state index contributed by atoms with van der Waals surface area (Å²) >= 11 is 0. The van der Waals surface area contributed by atoms with Crippen molar-refractivity contribution >= 4 is 12.1 Å². The highest BCUT2D eigenvalue weighted by Gasteiger charge is 2.10. The Kier molecular flexibility index (Phi) is 7.68. The monoisotopic (exact) mass is 386 g/mol. The van der Waals surface area contributed by atoms with Gasteiger partial charge in [0.1, 0.15) is 11.5 Å². The van der Waals surface area contributed by atoms with Gasteiger partial charge in [-0.2, -0.15) is 5.10 Å². The van der Waals surface area contributed by atoms with Crippen LogP contribution in [0.25, 0.3) is 0 Å². The van der Waals surface area contributed by atoms with Gasteiger partial charge >= 0.3 is 0 Å². The van der Waals surface area contributed by atoms with Crippen molar-refractivity contribution in [1.82, 2.24) is 5.43 Å². The highest BCUT2D eigenvalue weighted by atomic mass is 16.5. The van der Waals surface area contributed by atoms with Gasteiger partial charge in [-0.3, -0.25) is 4.79 Å². The second kappa shape index (κ2) is 10.2. The molecule has 0 radical (unpaired) electrons. The molecule has 0 saturated carbocycles. The summed E-state index contributed by atoms with van der Waals surface area (Å²) in [5, 5.41) is 4.02. The zero-order chi connectivity index (χ0) is 20.5. The molecule has 1 amide bonds. The van der Waals surface area contributed by atoms with E-state index in [-0.39, 0.29) is 12.0 Å². The number of ether oxygens (including phenoxy) is 4. The number of hydrazone groups is 1. The first-order valence-corrected chi connectivity index (χ1v) is 8.96. The SMILES string of the molecule is CCOc1cc(C=NNC(=O)c2cc(OC)cc(OC)c2)ccc1OC(C)C. The van der Waals surface area contributed by atoms with E-state index < -0.39 is 0 Å². The molecule has 28 heavy (non-hydrogen) atoms. The van der Waals surface area contributed by atoms with Crippen LogP contribution in [0.3, 0.4) is 0 Å². The molecule has 0 atom stereocenters. The summed E-state index contributed by atoms with van der Waals surface area (Å²) in [4.78, 5) is 12.3. The molecule has 2 aromatic carbocycles. The summed E-state index contributed by atoms with van der Waals surface area (Å²) in [6.45, 7) is 6.33. The van der Waals surface area contributed by atoms with Crippen LogP contribution in [-0.2, 0) is 0 Å². The Morgan fingerprint density at radius 3 is 2.32 bits per heavy atom. The fraction of sp³-hybridized carbons (Fsp3) is 0.333. The third-order valence-corrected chi connectivity index (χ3v) is 3.62. The van der Waals surface area contributed by atoms with Crippen LogP contribution in [0.15, 0.2) is 41.5 Å². The van der Waals surface area contributed by atoms with Crippen LogP contribution in [0.1, 0.15) is 36.7 Å². The minimum atomic E-state index is -0.377.